The number of nitrogens with one attached hydrogen (secondary N) is 2. The Morgan fingerprint density at radius 3 is 2.47 bits per heavy atom. The van der Waals surface area contributed by atoms with E-state index in [4.69, 9.17) is 0 Å². The summed E-state index contributed by atoms with van der Waals surface area (Å²) in [6.45, 7) is 1.53. The molecule has 198 valence electrons. The normalized spacial score (nSPS) is 16.2. The van der Waals surface area contributed by atoms with Crippen molar-refractivity contribution in [3.63, 3.8) is 0 Å². The first-order valence-corrected chi connectivity index (χ1v) is 10.7. The predicted molar refractivity (Wildman–Crippen MR) is 122 cm³/mol. The fraction of sp³-hybridized carbons (Fsp3) is 0.250. The number of ether oxygens (including phenoxy) is 1. The minimum Gasteiger partial charge on any atom is -1.00 e. The van der Waals surface area contributed by atoms with Crippen LogP contribution in [0.2, 0.25) is 0 Å². The van der Waals surface area contributed by atoms with Crippen LogP contribution in [0.25, 0.3) is 11.1 Å². The maximum Gasteiger partial charge on any atom is 1.00 e. The van der Waals surface area contributed by atoms with E-state index in [-0.39, 0.29) is 47.7 Å². The smallest absolute Gasteiger partial charge is 1.00 e. The van der Waals surface area contributed by atoms with Crippen molar-refractivity contribution in [1.82, 2.24) is 15.5 Å². The number of amides is 3. The van der Waals surface area contributed by atoms with Crippen molar-refractivity contribution in [3.8, 4) is 16.9 Å². The predicted octanol–water partition coefficient (Wildman–Crippen LogP) is 0.636. The van der Waals surface area contributed by atoms with E-state index in [1.807, 2.05) is 0 Å². The number of halogens is 4. The summed E-state index contributed by atoms with van der Waals surface area (Å²) in [4.78, 5) is 49.8. The first-order chi connectivity index (χ1) is 17.2. The second-order valence-electron chi connectivity index (χ2n) is 8.14. The number of carbonyl (C=O) groups is 4. The molecule has 9 nitrogen and oxygen atoms in total. The molecule has 2 atom stereocenters. The molecule has 14 heteroatoms. The van der Waals surface area contributed by atoms with Crippen LogP contribution >= 0.6 is 0 Å². The van der Waals surface area contributed by atoms with Crippen LogP contribution in [0.15, 0.2) is 54.2 Å². The number of aliphatic carboxylic acids is 1. The molecule has 3 N–H and O–H groups in total. The molecule has 0 radical (unpaired) electrons. The van der Waals surface area contributed by atoms with Crippen LogP contribution in [0, 0.1) is 5.82 Å². The number of hydrogen-bond acceptors (Lipinski definition) is 5. The third kappa shape index (κ3) is 8.04. The van der Waals surface area contributed by atoms with Crippen molar-refractivity contribution in [1.29, 1.82) is 0 Å². The Morgan fingerprint density at radius 2 is 1.84 bits per heavy atom. The molecule has 1 heterocycles. The Morgan fingerprint density at radius 1 is 1.16 bits per heavy atom. The Balaban J connectivity index is 0.00000380. The molecule has 3 rings (SSSR count). The van der Waals surface area contributed by atoms with Gasteiger partial charge in [0.2, 0.25) is 0 Å². The average Bonchev–Trinajstić information content (AvgIpc) is 2.78. The molecule has 0 fully saturated rings. The van der Waals surface area contributed by atoms with Crippen molar-refractivity contribution in [3.05, 3.63) is 65.6 Å². The van der Waals surface area contributed by atoms with Gasteiger partial charge in [0.1, 0.15) is 11.6 Å². The van der Waals surface area contributed by atoms with Crippen molar-refractivity contribution in [2.75, 3.05) is 7.05 Å². The van der Waals surface area contributed by atoms with E-state index >= 15 is 0 Å². The number of carboxylic acids is 1. The van der Waals surface area contributed by atoms with Gasteiger partial charge < -0.3 is 26.8 Å². The Labute approximate surface area is 237 Å². The van der Waals surface area contributed by atoms with Crippen LogP contribution in [0.4, 0.5) is 22.4 Å². The molecule has 38 heavy (non-hydrogen) atoms. The van der Waals surface area contributed by atoms with Crippen LogP contribution in [0.3, 0.4) is 0 Å². The fourth-order valence-electron chi connectivity index (χ4n) is 3.62. The van der Waals surface area contributed by atoms with Gasteiger partial charge >= 0.3 is 47.9 Å². The second kappa shape index (κ2) is 12.4. The maximum absolute atomic E-state index is 14.5. The number of alkyl halides is 3. The van der Waals surface area contributed by atoms with E-state index in [1.165, 1.54) is 32.2 Å². The Hall–Kier alpha value is -3.42. The standard InChI is InChI=1S/C24H21F4N3O6.Na.H/c1-12-6-19(32)21(22(35)31(12)2)30-23(36)29-18(11-20(33)34)15-7-14(8-16(25)9-15)13-4-3-5-17(10-13)37-24(26,27)28;;/h3-10,18,21H,11H2,1-2H3,(H,33,34)(H2,29,30,36);;/q;+1;-1/t18-,21?;;/m0../s1. The molecule has 2 aromatic carbocycles. The van der Waals surface area contributed by atoms with Gasteiger partial charge in [0.15, 0.2) is 11.8 Å². The SMILES string of the molecule is CC1=CC(=O)C(NC(=O)N[C@@H](CC(=O)O)c2cc(F)cc(-c3cccc(OC(F)(F)F)c3)c2)C(=O)N1C.[H-].[Na+]. The minimum absolute atomic E-state index is 0. The van der Waals surface area contributed by atoms with Crippen molar-refractivity contribution < 1.29 is 77.6 Å². The monoisotopic (exact) mass is 547 g/mol. The van der Waals surface area contributed by atoms with Crippen LogP contribution < -0.4 is 44.9 Å². The van der Waals surface area contributed by atoms with Crippen LogP contribution in [-0.2, 0) is 14.4 Å². The molecule has 1 unspecified atom stereocenters. The fourth-order valence-corrected chi connectivity index (χ4v) is 3.62. The molecule has 0 aromatic heterocycles. The van der Waals surface area contributed by atoms with Crippen LogP contribution in [0.1, 0.15) is 26.4 Å². The Bertz CT molecular complexity index is 1290. The summed E-state index contributed by atoms with van der Waals surface area (Å²) in [5.41, 5.74) is 0.558. The first-order valence-electron chi connectivity index (χ1n) is 10.7. The maximum atomic E-state index is 14.5. The zero-order chi connectivity index (χ0) is 27.5. The van der Waals surface area contributed by atoms with Gasteiger partial charge in [0, 0.05) is 18.8 Å². The number of carboxylic acid groups (broad SMARTS) is 1. The summed E-state index contributed by atoms with van der Waals surface area (Å²) >= 11 is 0. The number of rotatable bonds is 7. The summed E-state index contributed by atoms with van der Waals surface area (Å²) < 4.78 is 56.1. The number of likely N-dealkylation sites (N-methyl/N-ethyl adjacent to an activating group) is 1. The van der Waals surface area contributed by atoms with Gasteiger partial charge in [-0.3, -0.25) is 14.4 Å². The molecule has 3 amide bonds. The molecule has 0 bridgehead atoms. The number of hydrogen-bond donors (Lipinski definition) is 3. The van der Waals surface area contributed by atoms with Gasteiger partial charge in [-0.15, -0.1) is 13.2 Å². The third-order valence-electron chi connectivity index (χ3n) is 5.43. The summed E-state index contributed by atoms with van der Waals surface area (Å²) in [6, 6.07) is 4.04. The minimum atomic E-state index is -4.94. The molecule has 0 saturated heterocycles. The van der Waals surface area contributed by atoms with Gasteiger partial charge in [-0.1, -0.05) is 12.1 Å². The molecule has 1 aliphatic rings. The van der Waals surface area contributed by atoms with Crippen molar-refractivity contribution >= 4 is 23.7 Å². The summed E-state index contributed by atoms with van der Waals surface area (Å²) in [5, 5.41) is 13.8. The van der Waals surface area contributed by atoms with Crippen LogP contribution in [0.5, 0.6) is 5.75 Å². The second-order valence-corrected chi connectivity index (χ2v) is 8.14. The molecular formula is C24H22F4N3NaO6. The first kappa shape index (κ1) is 30.8. The van der Waals surface area contributed by atoms with Gasteiger partial charge in [0.25, 0.3) is 5.91 Å². The van der Waals surface area contributed by atoms with Crippen LogP contribution in [-0.4, -0.2) is 53.1 Å². The topological polar surface area (TPSA) is 125 Å². The molecule has 0 saturated carbocycles. The number of benzene rings is 2. The third-order valence-corrected chi connectivity index (χ3v) is 5.43. The average molecular weight is 547 g/mol. The largest absolute Gasteiger partial charge is 1.00 e. The van der Waals surface area contributed by atoms with E-state index in [0.717, 1.165) is 35.2 Å². The summed E-state index contributed by atoms with van der Waals surface area (Å²) in [6.07, 6.45) is -4.49. The number of nitrogens with zero attached hydrogens (tertiary/aromatic N) is 1. The quantitative estimate of drug-likeness (QED) is 0.266. The van der Waals surface area contributed by atoms with E-state index in [1.54, 1.807) is 0 Å². The Kier molecular flexibility index (Phi) is 10.1. The molecule has 2 aromatic rings. The number of ketones is 1. The molecule has 1 aliphatic heterocycles. The van der Waals surface area contributed by atoms with E-state index in [0.29, 0.717) is 5.70 Å². The van der Waals surface area contributed by atoms with Gasteiger partial charge in [-0.2, -0.15) is 0 Å². The number of urea groups is 1. The number of carbonyl (C=O) groups excluding carboxylic acids is 3. The molecule has 0 spiro atoms. The van der Waals surface area contributed by atoms with E-state index in [2.05, 4.69) is 15.4 Å². The van der Waals surface area contributed by atoms with Crippen molar-refractivity contribution in [2.45, 2.75) is 31.8 Å². The van der Waals surface area contributed by atoms with Gasteiger partial charge in [-0.05, 0) is 53.9 Å². The van der Waals surface area contributed by atoms with E-state index < -0.39 is 60.1 Å². The molecule has 0 aliphatic carbocycles. The van der Waals surface area contributed by atoms with Crippen molar-refractivity contribution in [2.24, 2.45) is 0 Å². The van der Waals surface area contributed by atoms with Gasteiger partial charge in [-0.25, -0.2) is 9.18 Å². The number of allylic oxidation sites excluding steroid dienone is 1. The summed E-state index contributed by atoms with van der Waals surface area (Å²) in [7, 11) is 1.41. The summed E-state index contributed by atoms with van der Waals surface area (Å²) in [5.74, 6) is -4.15. The zero-order valence-corrected chi connectivity index (χ0v) is 22.4. The zero-order valence-electron chi connectivity index (χ0n) is 21.4. The molecular weight excluding hydrogens is 525 g/mol. The van der Waals surface area contributed by atoms with E-state index in [9.17, 15) is 41.8 Å². The van der Waals surface area contributed by atoms with Gasteiger partial charge in [0.05, 0.1) is 12.5 Å².